The monoisotopic (exact) mass is 590 g/mol. The molecule has 2 atom stereocenters. The number of hydrogen-bond acceptors (Lipinski definition) is 6. The van der Waals surface area contributed by atoms with Gasteiger partial charge in [-0.05, 0) is 78.9 Å². The molecule has 10 nitrogen and oxygen atoms in total. The first kappa shape index (κ1) is 27.6. The molecule has 1 saturated heterocycles. The number of hydrogen-bond donors (Lipinski definition) is 2. The number of nitrogens with one attached hydrogen (secondary N) is 2. The van der Waals surface area contributed by atoms with E-state index >= 15 is 0 Å². The third-order valence-electron chi connectivity index (χ3n) is 7.04. The third-order valence-corrected chi connectivity index (χ3v) is 7.36. The van der Waals surface area contributed by atoms with E-state index in [9.17, 15) is 14.9 Å². The lowest BCUT2D eigenvalue weighted by molar-refractivity contribution is -0.384. The first-order valence-corrected chi connectivity index (χ1v) is 13.9. The Kier molecular flexibility index (Phi) is 7.79. The summed E-state index contributed by atoms with van der Waals surface area (Å²) in [6, 6.07) is 32.0. The Bertz CT molecular complexity index is 1760. The highest BCUT2D eigenvalue weighted by Crippen LogP contribution is 2.42. The molecule has 0 bridgehead atoms. The lowest BCUT2D eigenvalue weighted by Crippen LogP contribution is -2.30. The number of nitrogens with zero attached hydrogens (tertiary/aromatic N) is 4. The van der Waals surface area contributed by atoms with Gasteiger partial charge in [-0.1, -0.05) is 30.3 Å². The van der Waals surface area contributed by atoms with Crippen LogP contribution in [0, 0.1) is 10.1 Å². The van der Waals surface area contributed by atoms with Gasteiger partial charge in [0.2, 0.25) is 0 Å². The Morgan fingerprint density at radius 3 is 2.49 bits per heavy atom. The Labute approximate surface area is 252 Å². The van der Waals surface area contributed by atoms with Crippen LogP contribution in [-0.2, 0) is 4.79 Å². The molecule has 2 aromatic heterocycles. The molecular weight excluding hydrogens is 564 g/mol. The fourth-order valence-corrected chi connectivity index (χ4v) is 5.47. The van der Waals surface area contributed by atoms with Gasteiger partial charge >= 0.3 is 0 Å². The number of aromatic nitrogens is 2. The zero-order valence-electron chi connectivity index (χ0n) is 22.7. The molecule has 1 aliphatic rings. The van der Waals surface area contributed by atoms with E-state index in [1.807, 2.05) is 94.5 Å². The number of thiocarbonyl (C=S) groups is 1. The van der Waals surface area contributed by atoms with Crippen molar-refractivity contribution in [3.63, 3.8) is 0 Å². The molecule has 0 saturated carbocycles. The van der Waals surface area contributed by atoms with Crippen molar-refractivity contribution in [2.24, 2.45) is 0 Å². The van der Waals surface area contributed by atoms with Crippen molar-refractivity contribution in [2.45, 2.75) is 12.1 Å². The molecule has 0 unspecified atom stereocenters. The number of para-hydroxylation sites is 1. The zero-order chi connectivity index (χ0) is 29.8. The average molecular weight is 591 g/mol. The smallest absolute Gasteiger partial charge is 0.271 e. The van der Waals surface area contributed by atoms with Crippen molar-refractivity contribution in [1.82, 2.24) is 14.9 Å². The Hall–Kier alpha value is -5.55. The molecule has 3 heterocycles. The molecule has 1 fully saturated rings. The molecule has 6 rings (SSSR count). The number of nitro groups is 1. The summed E-state index contributed by atoms with van der Waals surface area (Å²) in [7, 11) is 0. The van der Waals surface area contributed by atoms with Crippen LogP contribution in [0.4, 0.5) is 17.1 Å². The highest BCUT2D eigenvalue weighted by atomic mass is 32.1. The summed E-state index contributed by atoms with van der Waals surface area (Å²) in [5, 5.41) is 18.3. The van der Waals surface area contributed by atoms with Crippen LogP contribution in [0.25, 0.3) is 5.69 Å². The van der Waals surface area contributed by atoms with Gasteiger partial charge in [0.1, 0.15) is 11.8 Å². The van der Waals surface area contributed by atoms with E-state index in [1.54, 1.807) is 30.5 Å². The number of amides is 1. The van der Waals surface area contributed by atoms with E-state index in [0.29, 0.717) is 22.2 Å². The molecule has 3 aromatic carbocycles. The Balaban J connectivity index is 1.30. The summed E-state index contributed by atoms with van der Waals surface area (Å²) < 4.78 is 7.47. The first-order valence-electron chi connectivity index (χ1n) is 13.5. The molecule has 214 valence electrons. The minimum Gasteiger partial charge on any atom is -0.484 e. The number of benzene rings is 3. The van der Waals surface area contributed by atoms with E-state index in [1.165, 1.54) is 6.07 Å². The number of pyridine rings is 1. The van der Waals surface area contributed by atoms with Crippen LogP contribution >= 0.6 is 12.2 Å². The largest absolute Gasteiger partial charge is 0.484 e. The number of carbonyl (C=O) groups is 1. The summed E-state index contributed by atoms with van der Waals surface area (Å²) in [5.74, 6) is 0.337. The van der Waals surface area contributed by atoms with Crippen molar-refractivity contribution in [3.8, 4) is 11.4 Å². The van der Waals surface area contributed by atoms with Crippen molar-refractivity contribution in [1.29, 1.82) is 0 Å². The van der Waals surface area contributed by atoms with Crippen molar-refractivity contribution < 1.29 is 14.5 Å². The lowest BCUT2D eigenvalue weighted by atomic mass is 10.0. The second-order valence-electron chi connectivity index (χ2n) is 9.77. The van der Waals surface area contributed by atoms with Gasteiger partial charge in [-0.2, -0.15) is 0 Å². The number of anilines is 2. The number of ether oxygens (including phenoxy) is 1. The van der Waals surface area contributed by atoms with Gasteiger partial charge in [0, 0.05) is 41.6 Å². The Morgan fingerprint density at radius 2 is 1.74 bits per heavy atom. The van der Waals surface area contributed by atoms with Crippen LogP contribution < -0.4 is 20.3 Å². The number of nitro benzene ring substituents is 1. The molecule has 0 spiro atoms. The molecule has 5 aromatic rings. The lowest BCUT2D eigenvalue weighted by Gasteiger charge is -2.29. The van der Waals surface area contributed by atoms with Crippen molar-refractivity contribution in [3.05, 3.63) is 143 Å². The number of non-ortho nitro benzene ring substituents is 1. The van der Waals surface area contributed by atoms with Crippen LogP contribution in [0.5, 0.6) is 5.75 Å². The summed E-state index contributed by atoms with van der Waals surface area (Å²) in [6.07, 6.45) is 3.61. The van der Waals surface area contributed by atoms with E-state index in [2.05, 4.69) is 15.6 Å². The fraction of sp³-hybridized carbons (Fsp3) is 0.0938. The number of rotatable bonds is 9. The normalized spacial score (nSPS) is 16.0. The summed E-state index contributed by atoms with van der Waals surface area (Å²) in [5.41, 5.74) is 3.72. The maximum Gasteiger partial charge on any atom is 0.271 e. The van der Waals surface area contributed by atoms with Gasteiger partial charge in [-0.15, -0.1) is 0 Å². The SMILES string of the molecule is O=C(COc1ccccc1)Nc1ccc(N2C(=S)N[C@H](c3ccccn3)[C@H]2c2cccn2-c2cccc([N+](=O)[O-])c2)cc1. The van der Waals surface area contributed by atoms with E-state index in [4.69, 9.17) is 17.0 Å². The van der Waals surface area contributed by atoms with Crippen LogP contribution in [0.3, 0.4) is 0 Å². The van der Waals surface area contributed by atoms with E-state index in [0.717, 1.165) is 17.1 Å². The van der Waals surface area contributed by atoms with E-state index in [-0.39, 0.29) is 30.3 Å². The first-order chi connectivity index (χ1) is 21.0. The van der Waals surface area contributed by atoms with Crippen LogP contribution in [0.1, 0.15) is 23.5 Å². The van der Waals surface area contributed by atoms with Gasteiger partial charge in [-0.25, -0.2) is 0 Å². The van der Waals surface area contributed by atoms with Crippen LogP contribution in [0.2, 0.25) is 0 Å². The Morgan fingerprint density at radius 1 is 0.953 bits per heavy atom. The summed E-state index contributed by atoms with van der Waals surface area (Å²) in [4.78, 5) is 30.2. The molecule has 11 heteroatoms. The molecule has 1 aliphatic heterocycles. The number of carbonyl (C=O) groups excluding carboxylic acids is 1. The zero-order valence-corrected chi connectivity index (χ0v) is 23.6. The highest BCUT2D eigenvalue weighted by molar-refractivity contribution is 7.80. The van der Waals surface area contributed by atoms with Gasteiger partial charge < -0.3 is 24.8 Å². The van der Waals surface area contributed by atoms with Crippen LogP contribution in [0.15, 0.2) is 122 Å². The van der Waals surface area contributed by atoms with Gasteiger partial charge in [0.25, 0.3) is 11.6 Å². The van der Waals surface area contributed by atoms with Crippen molar-refractivity contribution >= 4 is 40.3 Å². The maximum atomic E-state index is 12.5. The molecule has 43 heavy (non-hydrogen) atoms. The molecule has 2 N–H and O–H groups in total. The third kappa shape index (κ3) is 5.92. The van der Waals surface area contributed by atoms with Crippen LogP contribution in [-0.4, -0.2) is 32.1 Å². The van der Waals surface area contributed by atoms with Gasteiger partial charge in [0.15, 0.2) is 11.7 Å². The molecular formula is C32H26N6O4S. The summed E-state index contributed by atoms with van der Waals surface area (Å²) in [6.45, 7) is -0.117. The maximum absolute atomic E-state index is 12.5. The molecule has 0 radical (unpaired) electrons. The predicted molar refractivity (Wildman–Crippen MR) is 167 cm³/mol. The average Bonchev–Trinajstić information content (AvgIpc) is 3.66. The second-order valence-corrected chi connectivity index (χ2v) is 10.2. The molecule has 1 amide bonds. The molecule has 0 aliphatic carbocycles. The topological polar surface area (TPSA) is 115 Å². The highest BCUT2D eigenvalue weighted by Gasteiger charge is 2.42. The fourth-order valence-electron chi connectivity index (χ4n) is 5.13. The quantitative estimate of drug-likeness (QED) is 0.123. The predicted octanol–water partition coefficient (Wildman–Crippen LogP) is 5.98. The van der Waals surface area contributed by atoms with E-state index < -0.39 is 4.92 Å². The second kappa shape index (κ2) is 12.1. The summed E-state index contributed by atoms with van der Waals surface area (Å²) >= 11 is 5.85. The standard InChI is InChI=1S/C32H26N6O4S/c39-29(21-42-26-10-2-1-3-11-26)34-22-14-16-23(17-15-22)37-31(30(35-32(37)43)27-12-4-5-18-33-27)28-13-7-19-36(28)24-8-6-9-25(20-24)38(40)41/h1-20,30-31H,21H2,(H,34,39)(H,35,43)/t30-,31-/m1/s1. The van der Waals surface area contributed by atoms with Gasteiger partial charge in [0.05, 0.1) is 22.3 Å². The van der Waals surface area contributed by atoms with Gasteiger partial charge in [-0.3, -0.25) is 19.9 Å². The van der Waals surface area contributed by atoms with Crippen molar-refractivity contribution in [2.75, 3.05) is 16.8 Å². The minimum absolute atomic E-state index is 0.00199. The minimum atomic E-state index is -0.407.